The number of imide groups is 1. The lowest BCUT2D eigenvalue weighted by Gasteiger charge is -2.33. The summed E-state index contributed by atoms with van der Waals surface area (Å²) in [7, 11) is 0. The molecule has 0 rings (SSSR count). The number of hydrogen-bond donors (Lipinski definition) is 4. The number of carbonyl (C=O) groups excluding carboxylic acids is 2. The number of carboxylic acid groups (broad SMARTS) is 2. The van der Waals surface area contributed by atoms with Crippen molar-refractivity contribution in [3.8, 4) is 0 Å². The van der Waals surface area contributed by atoms with E-state index in [1.54, 1.807) is 13.8 Å². The molecule has 2 amide bonds. The van der Waals surface area contributed by atoms with Gasteiger partial charge in [-0.15, -0.1) is 0 Å². The van der Waals surface area contributed by atoms with Crippen LogP contribution in [0.4, 0.5) is 0 Å². The maximum atomic E-state index is 12.4. The fraction of sp³-hybridized carbons (Fsp3) is 0.714. The normalized spacial score (nSPS) is 16.0. The fourth-order valence-electron chi connectivity index (χ4n) is 2.01. The van der Waals surface area contributed by atoms with Crippen LogP contribution in [0.5, 0.6) is 0 Å². The highest BCUT2D eigenvalue weighted by molar-refractivity contribution is 6.03. The van der Waals surface area contributed by atoms with Crippen LogP contribution in [0, 0.1) is 5.92 Å². The van der Waals surface area contributed by atoms with Crippen molar-refractivity contribution in [1.82, 2.24) is 4.90 Å². The number of hydrogen-bond acceptors (Lipinski definition) is 6. The molecule has 0 bridgehead atoms. The SMILES string of the molecule is CCC(C)C(C(=O)O)N(C(=O)C(C)N)C(=O)C(N)CCC(=O)O. The summed E-state index contributed by atoms with van der Waals surface area (Å²) < 4.78 is 0. The minimum Gasteiger partial charge on any atom is -0.481 e. The third kappa shape index (κ3) is 5.95. The second kappa shape index (κ2) is 9.21. The van der Waals surface area contributed by atoms with Crippen molar-refractivity contribution in [2.24, 2.45) is 17.4 Å². The molecule has 0 aliphatic heterocycles. The Morgan fingerprint density at radius 2 is 1.57 bits per heavy atom. The Balaban J connectivity index is 5.59. The molecular weight excluding hydrogens is 306 g/mol. The largest absolute Gasteiger partial charge is 0.481 e. The van der Waals surface area contributed by atoms with E-state index in [2.05, 4.69) is 0 Å². The van der Waals surface area contributed by atoms with Gasteiger partial charge < -0.3 is 21.7 Å². The average Bonchev–Trinajstić information content (AvgIpc) is 2.47. The summed E-state index contributed by atoms with van der Waals surface area (Å²) >= 11 is 0. The van der Waals surface area contributed by atoms with Crippen LogP contribution in [0.25, 0.3) is 0 Å². The van der Waals surface area contributed by atoms with Crippen LogP contribution >= 0.6 is 0 Å². The number of nitrogens with zero attached hydrogens (tertiary/aromatic N) is 1. The van der Waals surface area contributed by atoms with Crippen LogP contribution in [-0.2, 0) is 19.2 Å². The smallest absolute Gasteiger partial charge is 0.327 e. The summed E-state index contributed by atoms with van der Waals surface area (Å²) in [6.45, 7) is 4.65. The van der Waals surface area contributed by atoms with E-state index >= 15 is 0 Å². The lowest BCUT2D eigenvalue weighted by molar-refractivity contribution is -0.161. The average molecular weight is 331 g/mol. The van der Waals surface area contributed by atoms with E-state index in [9.17, 15) is 24.3 Å². The quantitative estimate of drug-likeness (QED) is 0.434. The topological polar surface area (TPSA) is 164 Å². The molecule has 4 atom stereocenters. The van der Waals surface area contributed by atoms with Gasteiger partial charge in [-0.25, -0.2) is 4.79 Å². The second-order valence-electron chi connectivity index (χ2n) is 5.54. The van der Waals surface area contributed by atoms with E-state index in [4.69, 9.17) is 16.6 Å². The molecule has 0 aliphatic rings. The molecule has 0 aliphatic carbocycles. The molecule has 23 heavy (non-hydrogen) atoms. The van der Waals surface area contributed by atoms with Gasteiger partial charge in [0, 0.05) is 6.42 Å². The number of nitrogens with two attached hydrogens (primary N) is 2. The number of amides is 2. The predicted octanol–water partition coefficient (Wildman–Crippen LogP) is -0.620. The Hall–Kier alpha value is -2.00. The van der Waals surface area contributed by atoms with Gasteiger partial charge in [0.2, 0.25) is 11.8 Å². The van der Waals surface area contributed by atoms with Crippen molar-refractivity contribution in [3.05, 3.63) is 0 Å². The Morgan fingerprint density at radius 1 is 1.04 bits per heavy atom. The van der Waals surface area contributed by atoms with Crippen LogP contribution in [0.15, 0.2) is 0 Å². The fourth-order valence-corrected chi connectivity index (χ4v) is 2.01. The van der Waals surface area contributed by atoms with Gasteiger partial charge >= 0.3 is 11.9 Å². The first-order valence-corrected chi connectivity index (χ1v) is 7.37. The van der Waals surface area contributed by atoms with E-state index < -0.39 is 47.8 Å². The van der Waals surface area contributed by atoms with Gasteiger partial charge in [-0.1, -0.05) is 20.3 Å². The van der Waals surface area contributed by atoms with Crippen molar-refractivity contribution in [1.29, 1.82) is 0 Å². The summed E-state index contributed by atoms with van der Waals surface area (Å²) in [6.07, 6.45) is -0.157. The van der Waals surface area contributed by atoms with Crippen molar-refractivity contribution in [2.45, 2.75) is 58.2 Å². The Morgan fingerprint density at radius 3 is 1.91 bits per heavy atom. The number of rotatable bonds is 9. The molecule has 0 heterocycles. The molecule has 0 aromatic carbocycles. The van der Waals surface area contributed by atoms with Crippen molar-refractivity contribution < 1.29 is 29.4 Å². The summed E-state index contributed by atoms with van der Waals surface area (Å²) in [5.74, 6) is -4.78. The van der Waals surface area contributed by atoms with Crippen LogP contribution in [0.2, 0.25) is 0 Å². The highest BCUT2D eigenvalue weighted by Gasteiger charge is 2.40. The molecular formula is C14H25N3O6. The molecule has 0 fully saturated rings. The Kier molecular flexibility index (Phi) is 8.41. The van der Waals surface area contributed by atoms with E-state index in [0.717, 1.165) is 0 Å². The zero-order valence-corrected chi connectivity index (χ0v) is 13.6. The maximum absolute atomic E-state index is 12.4. The summed E-state index contributed by atoms with van der Waals surface area (Å²) in [4.78, 5) is 47.4. The third-order valence-corrected chi connectivity index (χ3v) is 3.56. The number of carbonyl (C=O) groups is 4. The predicted molar refractivity (Wildman–Crippen MR) is 81.2 cm³/mol. The van der Waals surface area contributed by atoms with Gasteiger partial charge in [0.05, 0.1) is 12.1 Å². The first-order chi connectivity index (χ1) is 10.5. The highest BCUT2D eigenvalue weighted by Crippen LogP contribution is 2.18. The van der Waals surface area contributed by atoms with Crippen LogP contribution < -0.4 is 11.5 Å². The Labute approximate surface area is 134 Å². The molecule has 9 heteroatoms. The summed E-state index contributed by atoms with van der Waals surface area (Å²) in [6, 6.07) is -3.78. The number of aliphatic carboxylic acids is 2. The number of carboxylic acids is 2. The molecule has 0 aromatic rings. The zero-order chi connectivity index (χ0) is 18.3. The van der Waals surface area contributed by atoms with Gasteiger partial charge in [0.15, 0.2) is 0 Å². The van der Waals surface area contributed by atoms with Gasteiger partial charge in [-0.05, 0) is 19.3 Å². The first-order valence-electron chi connectivity index (χ1n) is 7.37. The van der Waals surface area contributed by atoms with Crippen LogP contribution in [-0.4, -0.2) is 57.0 Å². The minimum absolute atomic E-state index is 0.205. The molecule has 0 saturated carbocycles. The van der Waals surface area contributed by atoms with E-state index in [1.807, 2.05) is 0 Å². The molecule has 4 unspecified atom stereocenters. The third-order valence-electron chi connectivity index (χ3n) is 3.56. The van der Waals surface area contributed by atoms with Crippen molar-refractivity contribution in [3.63, 3.8) is 0 Å². The molecule has 6 N–H and O–H groups in total. The molecule has 0 saturated heterocycles. The molecule has 0 spiro atoms. The van der Waals surface area contributed by atoms with E-state index in [-0.39, 0.29) is 12.8 Å². The van der Waals surface area contributed by atoms with Gasteiger partial charge in [-0.3, -0.25) is 19.3 Å². The van der Waals surface area contributed by atoms with Gasteiger partial charge in [0.1, 0.15) is 6.04 Å². The molecule has 132 valence electrons. The van der Waals surface area contributed by atoms with Crippen molar-refractivity contribution >= 4 is 23.8 Å². The molecule has 0 aromatic heterocycles. The van der Waals surface area contributed by atoms with Crippen molar-refractivity contribution in [2.75, 3.05) is 0 Å². The molecule has 0 radical (unpaired) electrons. The highest BCUT2D eigenvalue weighted by atomic mass is 16.4. The minimum atomic E-state index is -1.40. The zero-order valence-electron chi connectivity index (χ0n) is 13.6. The lowest BCUT2D eigenvalue weighted by atomic mass is 9.95. The second-order valence-corrected chi connectivity index (χ2v) is 5.54. The standard InChI is InChI=1S/C14H25N3O6/c1-4-7(2)11(14(22)23)17(12(20)8(3)15)13(21)9(16)5-6-10(18)19/h7-9,11H,4-6,15-16H2,1-3H3,(H,18,19)(H,22,23). The molecule has 9 nitrogen and oxygen atoms in total. The summed E-state index contributed by atoms with van der Waals surface area (Å²) in [5.41, 5.74) is 11.1. The monoisotopic (exact) mass is 331 g/mol. The van der Waals surface area contributed by atoms with E-state index in [0.29, 0.717) is 11.3 Å². The summed E-state index contributed by atoms with van der Waals surface area (Å²) in [5, 5.41) is 18.0. The Bertz CT molecular complexity index is 465. The van der Waals surface area contributed by atoms with Crippen LogP contribution in [0.1, 0.15) is 40.0 Å². The maximum Gasteiger partial charge on any atom is 0.327 e. The van der Waals surface area contributed by atoms with Gasteiger partial charge in [0.25, 0.3) is 0 Å². The van der Waals surface area contributed by atoms with Crippen LogP contribution in [0.3, 0.4) is 0 Å². The van der Waals surface area contributed by atoms with E-state index in [1.165, 1.54) is 6.92 Å². The first kappa shape index (κ1) is 21.0. The lowest BCUT2D eigenvalue weighted by Crippen LogP contribution is -2.59. The van der Waals surface area contributed by atoms with Gasteiger partial charge in [-0.2, -0.15) is 0 Å².